The Labute approximate surface area is 105 Å². The number of aryl methyl sites for hydroxylation is 1. The number of hydrogen-bond acceptors (Lipinski definition) is 3. The van der Waals surface area contributed by atoms with Crippen LogP contribution >= 0.6 is 0 Å². The molecule has 1 aromatic rings. The molecule has 6 nitrogen and oxygen atoms in total. The van der Waals surface area contributed by atoms with Gasteiger partial charge < -0.3 is 4.90 Å². The highest BCUT2D eigenvalue weighted by atomic mass is 16.2. The first-order valence-corrected chi connectivity index (χ1v) is 6.17. The predicted molar refractivity (Wildman–Crippen MR) is 65.2 cm³/mol. The summed E-state index contributed by atoms with van der Waals surface area (Å²) in [5.74, 6) is 0.104. The van der Waals surface area contributed by atoms with E-state index in [-0.39, 0.29) is 23.9 Å². The van der Waals surface area contributed by atoms with E-state index in [9.17, 15) is 14.4 Å². The Balaban J connectivity index is 2.00. The molecule has 0 spiro atoms. The first-order chi connectivity index (χ1) is 8.61. The quantitative estimate of drug-likeness (QED) is 0.751. The first-order valence-electron chi connectivity index (χ1n) is 6.17. The summed E-state index contributed by atoms with van der Waals surface area (Å²) < 4.78 is 2.95. The van der Waals surface area contributed by atoms with Crippen LogP contribution in [0.5, 0.6) is 0 Å². The second-order valence-electron chi connectivity index (χ2n) is 4.41. The fourth-order valence-corrected chi connectivity index (χ4v) is 2.07. The molecule has 0 aliphatic carbocycles. The second kappa shape index (κ2) is 5.20. The second-order valence-corrected chi connectivity index (χ2v) is 4.41. The molecule has 0 unspecified atom stereocenters. The van der Waals surface area contributed by atoms with Gasteiger partial charge in [0, 0.05) is 44.9 Å². The number of nitrogens with zero attached hydrogens (tertiary/aromatic N) is 3. The predicted octanol–water partition coefficient (Wildman–Crippen LogP) is -0.139. The van der Waals surface area contributed by atoms with Gasteiger partial charge in [-0.3, -0.25) is 18.7 Å². The molecule has 1 aromatic heterocycles. The molecule has 0 bridgehead atoms. The third-order valence-electron chi connectivity index (χ3n) is 3.24. The van der Waals surface area contributed by atoms with E-state index in [0.29, 0.717) is 32.5 Å². The molecule has 0 N–H and O–H groups in total. The maximum absolute atomic E-state index is 12.0. The zero-order chi connectivity index (χ0) is 13.1. The maximum atomic E-state index is 12.0. The van der Waals surface area contributed by atoms with E-state index in [4.69, 9.17) is 0 Å². The van der Waals surface area contributed by atoms with Crippen molar-refractivity contribution in [2.45, 2.75) is 32.9 Å². The number of carbonyl (C=O) groups excluding carboxylic acids is 2. The highest BCUT2D eigenvalue weighted by Crippen LogP contribution is 2.06. The molecule has 2 rings (SSSR count). The van der Waals surface area contributed by atoms with Crippen molar-refractivity contribution in [2.75, 3.05) is 13.1 Å². The average Bonchev–Trinajstić information content (AvgIpc) is 2.71. The minimum absolute atomic E-state index is 0.0556. The van der Waals surface area contributed by atoms with Gasteiger partial charge >= 0.3 is 5.69 Å². The number of aromatic nitrogens is 2. The highest BCUT2D eigenvalue weighted by Gasteiger charge is 2.21. The molecule has 1 fully saturated rings. The van der Waals surface area contributed by atoms with Gasteiger partial charge in [-0.15, -0.1) is 0 Å². The Kier molecular flexibility index (Phi) is 3.64. The molecule has 2 heterocycles. The van der Waals surface area contributed by atoms with Crippen LogP contribution in [0.3, 0.4) is 0 Å². The molecule has 0 aromatic carbocycles. The van der Waals surface area contributed by atoms with Crippen LogP contribution in [-0.2, 0) is 22.7 Å². The Morgan fingerprint density at radius 3 is 2.33 bits per heavy atom. The summed E-state index contributed by atoms with van der Waals surface area (Å²) in [7, 11) is 0. The van der Waals surface area contributed by atoms with E-state index < -0.39 is 0 Å². The minimum Gasteiger partial charge on any atom is -0.340 e. The number of likely N-dealkylation sites (tertiary alicyclic amines) is 1. The molecule has 6 heteroatoms. The lowest BCUT2D eigenvalue weighted by Gasteiger charge is -2.25. The minimum atomic E-state index is -0.168. The topological polar surface area (TPSA) is 64.3 Å². The summed E-state index contributed by atoms with van der Waals surface area (Å²) in [4.78, 5) is 36.5. The molecule has 0 atom stereocenters. The van der Waals surface area contributed by atoms with Crippen LogP contribution in [0.1, 0.15) is 19.8 Å². The van der Waals surface area contributed by atoms with Crippen molar-refractivity contribution in [1.29, 1.82) is 0 Å². The lowest BCUT2D eigenvalue weighted by atomic mass is 10.1. The first kappa shape index (κ1) is 12.6. The van der Waals surface area contributed by atoms with Crippen molar-refractivity contribution in [3.05, 3.63) is 22.9 Å². The number of piperidine rings is 1. The van der Waals surface area contributed by atoms with Gasteiger partial charge in [-0.1, -0.05) is 0 Å². The number of hydrogen-bond donors (Lipinski definition) is 0. The van der Waals surface area contributed by atoms with Crippen LogP contribution in [0.15, 0.2) is 17.2 Å². The fourth-order valence-electron chi connectivity index (χ4n) is 2.07. The lowest BCUT2D eigenvalue weighted by Crippen LogP contribution is -2.41. The van der Waals surface area contributed by atoms with E-state index in [1.165, 1.54) is 4.57 Å². The van der Waals surface area contributed by atoms with Crippen molar-refractivity contribution in [3.63, 3.8) is 0 Å². The Bertz CT molecular complexity index is 505. The summed E-state index contributed by atoms with van der Waals surface area (Å²) in [6.07, 6.45) is 4.15. The SMILES string of the molecule is CCn1ccn(CC(=O)N2CCC(=O)CC2)c1=O. The summed E-state index contributed by atoms with van der Waals surface area (Å²) >= 11 is 0. The van der Waals surface area contributed by atoms with Crippen LogP contribution in [0.4, 0.5) is 0 Å². The summed E-state index contributed by atoms with van der Waals surface area (Å²) in [5.41, 5.74) is -0.168. The van der Waals surface area contributed by atoms with Gasteiger partial charge in [-0.2, -0.15) is 0 Å². The van der Waals surface area contributed by atoms with Gasteiger partial charge in [0.1, 0.15) is 12.3 Å². The largest absolute Gasteiger partial charge is 0.340 e. The van der Waals surface area contributed by atoms with Crippen LogP contribution in [0, 0.1) is 0 Å². The van der Waals surface area contributed by atoms with E-state index in [1.807, 2.05) is 6.92 Å². The van der Waals surface area contributed by atoms with E-state index in [0.717, 1.165) is 0 Å². The molecular formula is C12H17N3O3. The number of imidazole rings is 1. The number of Topliss-reactive ketones (excluding diaryl/α,β-unsaturated/α-hetero) is 1. The zero-order valence-corrected chi connectivity index (χ0v) is 10.5. The standard InChI is InChI=1S/C12H17N3O3/c1-2-13-7-8-15(12(13)18)9-11(17)14-5-3-10(16)4-6-14/h7-8H,2-6,9H2,1H3. The third kappa shape index (κ3) is 2.52. The van der Waals surface area contributed by atoms with Crippen LogP contribution in [0.2, 0.25) is 0 Å². The smallest absolute Gasteiger partial charge is 0.328 e. The molecule has 0 saturated carbocycles. The van der Waals surface area contributed by atoms with Gasteiger partial charge in [0.25, 0.3) is 0 Å². The summed E-state index contributed by atoms with van der Waals surface area (Å²) in [6, 6.07) is 0. The fraction of sp³-hybridized carbons (Fsp3) is 0.583. The van der Waals surface area contributed by atoms with Crippen molar-refractivity contribution in [1.82, 2.24) is 14.0 Å². The van der Waals surface area contributed by atoms with Crippen molar-refractivity contribution < 1.29 is 9.59 Å². The molecule has 1 aliphatic heterocycles. The molecule has 1 amide bonds. The van der Waals surface area contributed by atoms with E-state index >= 15 is 0 Å². The summed E-state index contributed by atoms with van der Waals surface area (Å²) in [5, 5.41) is 0. The van der Waals surface area contributed by atoms with Gasteiger partial charge in [-0.05, 0) is 6.92 Å². The van der Waals surface area contributed by atoms with Crippen LogP contribution in [-0.4, -0.2) is 38.8 Å². The number of amides is 1. The Morgan fingerprint density at radius 2 is 1.78 bits per heavy atom. The van der Waals surface area contributed by atoms with Crippen LogP contribution < -0.4 is 5.69 Å². The molecule has 98 valence electrons. The van der Waals surface area contributed by atoms with Crippen molar-refractivity contribution in [3.8, 4) is 0 Å². The Morgan fingerprint density at radius 1 is 1.17 bits per heavy atom. The maximum Gasteiger partial charge on any atom is 0.328 e. The van der Waals surface area contributed by atoms with Gasteiger partial charge in [0.05, 0.1) is 0 Å². The van der Waals surface area contributed by atoms with Gasteiger partial charge in [0.2, 0.25) is 5.91 Å². The van der Waals surface area contributed by atoms with E-state index in [1.54, 1.807) is 21.9 Å². The molecule has 18 heavy (non-hydrogen) atoms. The Hall–Kier alpha value is -1.85. The number of carbonyl (C=O) groups is 2. The third-order valence-corrected chi connectivity index (χ3v) is 3.24. The van der Waals surface area contributed by atoms with Crippen LogP contribution in [0.25, 0.3) is 0 Å². The monoisotopic (exact) mass is 251 g/mol. The molecule has 1 aliphatic rings. The lowest BCUT2D eigenvalue weighted by molar-refractivity contribution is -0.135. The zero-order valence-electron chi connectivity index (χ0n) is 10.5. The number of rotatable bonds is 3. The van der Waals surface area contributed by atoms with Crippen molar-refractivity contribution in [2.24, 2.45) is 0 Å². The number of ketones is 1. The summed E-state index contributed by atoms with van der Waals surface area (Å²) in [6.45, 7) is 3.48. The van der Waals surface area contributed by atoms with Crippen molar-refractivity contribution >= 4 is 11.7 Å². The molecule has 0 radical (unpaired) electrons. The average molecular weight is 251 g/mol. The highest BCUT2D eigenvalue weighted by molar-refractivity contribution is 5.83. The van der Waals surface area contributed by atoms with Gasteiger partial charge in [-0.25, -0.2) is 4.79 Å². The molecular weight excluding hydrogens is 234 g/mol. The normalized spacial score (nSPS) is 16.1. The van der Waals surface area contributed by atoms with E-state index in [2.05, 4.69) is 0 Å². The molecule has 1 saturated heterocycles. The van der Waals surface area contributed by atoms with Gasteiger partial charge in [0.15, 0.2) is 0 Å².